The smallest absolute Gasteiger partial charge is 0.223 e. The number of aromatic nitrogens is 1. The van der Waals surface area contributed by atoms with Crippen molar-refractivity contribution in [2.45, 2.75) is 12.8 Å². The van der Waals surface area contributed by atoms with Gasteiger partial charge >= 0.3 is 0 Å². The van der Waals surface area contributed by atoms with E-state index in [1.54, 1.807) is 24.4 Å². The van der Waals surface area contributed by atoms with Gasteiger partial charge in [0, 0.05) is 36.5 Å². The fraction of sp³-hybridized carbons (Fsp3) is 0.375. The molecule has 0 aliphatic carbocycles. The van der Waals surface area contributed by atoms with Crippen molar-refractivity contribution in [2.24, 2.45) is 0 Å². The third-order valence-electron chi connectivity index (χ3n) is 3.67. The first-order chi connectivity index (χ1) is 11.1. The summed E-state index contributed by atoms with van der Waals surface area (Å²) >= 11 is 12.0. The van der Waals surface area contributed by atoms with Crippen molar-refractivity contribution >= 4 is 29.1 Å². The number of oxazole rings is 1. The lowest BCUT2D eigenvalue weighted by Crippen LogP contribution is -2.40. The Labute approximate surface area is 144 Å². The Kier molecular flexibility index (Phi) is 5.20. The minimum absolute atomic E-state index is 0.0950. The molecule has 122 valence electrons. The van der Waals surface area contributed by atoms with Crippen LogP contribution in [0.25, 0.3) is 11.3 Å². The molecule has 1 saturated heterocycles. The second-order valence-electron chi connectivity index (χ2n) is 5.24. The van der Waals surface area contributed by atoms with E-state index in [-0.39, 0.29) is 5.91 Å². The van der Waals surface area contributed by atoms with Crippen LogP contribution in [0.1, 0.15) is 12.3 Å². The fourth-order valence-corrected chi connectivity index (χ4v) is 2.93. The molecule has 0 saturated carbocycles. The van der Waals surface area contributed by atoms with Crippen LogP contribution < -0.4 is 0 Å². The van der Waals surface area contributed by atoms with Gasteiger partial charge in [-0.15, -0.1) is 0 Å². The van der Waals surface area contributed by atoms with Crippen molar-refractivity contribution in [1.82, 2.24) is 9.88 Å². The summed E-state index contributed by atoms with van der Waals surface area (Å²) in [4.78, 5) is 18.1. The van der Waals surface area contributed by atoms with Gasteiger partial charge in [-0.25, -0.2) is 4.98 Å². The van der Waals surface area contributed by atoms with Crippen LogP contribution in [0.2, 0.25) is 10.0 Å². The predicted octanol–water partition coefficient (Wildman–Crippen LogP) is 3.44. The Balaban J connectivity index is 1.62. The van der Waals surface area contributed by atoms with Crippen molar-refractivity contribution in [3.8, 4) is 11.3 Å². The van der Waals surface area contributed by atoms with Gasteiger partial charge in [0.2, 0.25) is 5.91 Å². The van der Waals surface area contributed by atoms with Gasteiger partial charge in [0.25, 0.3) is 0 Å². The van der Waals surface area contributed by atoms with E-state index in [9.17, 15) is 4.79 Å². The number of amides is 1. The first kappa shape index (κ1) is 16.3. The number of aryl methyl sites for hydroxylation is 1. The average molecular weight is 355 g/mol. The van der Waals surface area contributed by atoms with Crippen molar-refractivity contribution in [3.63, 3.8) is 0 Å². The van der Waals surface area contributed by atoms with Crippen LogP contribution in [-0.4, -0.2) is 42.1 Å². The maximum Gasteiger partial charge on any atom is 0.223 e. The molecule has 5 nitrogen and oxygen atoms in total. The van der Waals surface area contributed by atoms with Gasteiger partial charge in [-0.05, 0) is 18.2 Å². The lowest BCUT2D eigenvalue weighted by Gasteiger charge is -2.26. The molecule has 1 fully saturated rings. The predicted molar refractivity (Wildman–Crippen MR) is 87.7 cm³/mol. The third-order valence-corrected chi connectivity index (χ3v) is 4.21. The van der Waals surface area contributed by atoms with Gasteiger partial charge < -0.3 is 14.1 Å². The Morgan fingerprint density at radius 1 is 1.26 bits per heavy atom. The van der Waals surface area contributed by atoms with Crippen LogP contribution in [0, 0.1) is 0 Å². The molecule has 1 aliphatic heterocycles. The standard InChI is InChI=1S/C16H16Cl2N2O3/c17-11-1-2-12(13(18)9-11)14-10-19-15(23-14)3-4-16(21)20-5-7-22-8-6-20/h1-2,9-10H,3-8H2. The van der Waals surface area contributed by atoms with E-state index in [1.165, 1.54) is 0 Å². The number of nitrogens with zero attached hydrogens (tertiary/aromatic N) is 2. The highest BCUT2D eigenvalue weighted by Crippen LogP contribution is 2.30. The molecule has 1 aromatic heterocycles. The normalized spacial score (nSPS) is 15.0. The van der Waals surface area contributed by atoms with E-state index in [0.29, 0.717) is 60.8 Å². The molecule has 2 aromatic rings. The fourth-order valence-electron chi connectivity index (χ4n) is 2.42. The molecule has 0 atom stereocenters. The van der Waals surface area contributed by atoms with E-state index >= 15 is 0 Å². The van der Waals surface area contributed by atoms with Crippen LogP contribution in [-0.2, 0) is 16.0 Å². The molecule has 0 spiro atoms. The molecule has 23 heavy (non-hydrogen) atoms. The maximum atomic E-state index is 12.1. The maximum absolute atomic E-state index is 12.1. The number of hydrogen-bond donors (Lipinski definition) is 0. The number of carbonyl (C=O) groups is 1. The number of carbonyl (C=O) groups excluding carboxylic acids is 1. The van der Waals surface area contributed by atoms with Crippen LogP contribution in [0.15, 0.2) is 28.8 Å². The monoisotopic (exact) mass is 354 g/mol. The first-order valence-electron chi connectivity index (χ1n) is 7.39. The molecule has 1 aromatic carbocycles. The Morgan fingerprint density at radius 2 is 2.04 bits per heavy atom. The zero-order valence-electron chi connectivity index (χ0n) is 12.4. The summed E-state index contributed by atoms with van der Waals surface area (Å²) in [5.74, 6) is 1.19. The lowest BCUT2D eigenvalue weighted by molar-refractivity contribution is -0.135. The van der Waals surface area contributed by atoms with E-state index in [1.807, 2.05) is 4.90 Å². The SMILES string of the molecule is O=C(CCc1ncc(-c2ccc(Cl)cc2Cl)o1)N1CCOCC1. The van der Waals surface area contributed by atoms with Gasteiger partial charge in [-0.3, -0.25) is 4.79 Å². The number of hydrogen-bond acceptors (Lipinski definition) is 4. The molecule has 3 rings (SSSR count). The molecule has 0 bridgehead atoms. The van der Waals surface area contributed by atoms with E-state index in [2.05, 4.69) is 4.98 Å². The summed E-state index contributed by atoms with van der Waals surface area (Å²) in [5, 5.41) is 1.07. The Hall–Kier alpha value is -1.56. The van der Waals surface area contributed by atoms with Gasteiger partial charge in [0.05, 0.1) is 24.4 Å². The minimum Gasteiger partial charge on any atom is -0.441 e. The molecule has 0 radical (unpaired) electrons. The zero-order valence-corrected chi connectivity index (χ0v) is 13.9. The first-order valence-corrected chi connectivity index (χ1v) is 8.15. The van der Waals surface area contributed by atoms with E-state index < -0.39 is 0 Å². The van der Waals surface area contributed by atoms with Crippen LogP contribution >= 0.6 is 23.2 Å². The molecular formula is C16H16Cl2N2O3. The second-order valence-corrected chi connectivity index (χ2v) is 6.08. The molecule has 0 unspecified atom stereocenters. The average Bonchev–Trinajstić information content (AvgIpc) is 3.02. The topological polar surface area (TPSA) is 55.6 Å². The quantitative estimate of drug-likeness (QED) is 0.843. The molecule has 2 heterocycles. The molecule has 1 aliphatic rings. The summed E-state index contributed by atoms with van der Waals surface area (Å²) in [6.45, 7) is 2.50. The largest absolute Gasteiger partial charge is 0.441 e. The van der Waals surface area contributed by atoms with Gasteiger partial charge in [0.1, 0.15) is 0 Å². The van der Waals surface area contributed by atoms with Crippen molar-refractivity contribution in [2.75, 3.05) is 26.3 Å². The van der Waals surface area contributed by atoms with Crippen molar-refractivity contribution in [3.05, 3.63) is 40.3 Å². The Bertz CT molecular complexity index is 696. The van der Waals surface area contributed by atoms with Gasteiger partial charge in [-0.2, -0.15) is 0 Å². The summed E-state index contributed by atoms with van der Waals surface area (Å²) in [7, 11) is 0. The number of ether oxygens (including phenoxy) is 1. The summed E-state index contributed by atoms with van der Waals surface area (Å²) < 4.78 is 10.9. The van der Waals surface area contributed by atoms with E-state index in [0.717, 1.165) is 5.56 Å². The highest BCUT2D eigenvalue weighted by Gasteiger charge is 2.18. The van der Waals surface area contributed by atoms with Crippen molar-refractivity contribution in [1.29, 1.82) is 0 Å². The van der Waals surface area contributed by atoms with Gasteiger partial charge in [0.15, 0.2) is 11.7 Å². The van der Waals surface area contributed by atoms with Crippen LogP contribution in [0.3, 0.4) is 0 Å². The highest BCUT2D eigenvalue weighted by atomic mass is 35.5. The Morgan fingerprint density at radius 3 is 2.78 bits per heavy atom. The zero-order chi connectivity index (χ0) is 16.2. The highest BCUT2D eigenvalue weighted by molar-refractivity contribution is 6.36. The third kappa shape index (κ3) is 4.05. The van der Waals surface area contributed by atoms with Crippen molar-refractivity contribution < 1.29 is 13.9 Å². The number of halogens is 2. The molecule has 1 amide bonds. The second kappa shape index (κ2) is 7.34. The molecule has 0 N–H and O–H groups in total. The van der Waals surface area contributed by atoms with Crippen LogP contribution in [0.4, 0.5) is 0 Å². The number of rotatable bonds is 4. The summed E-state index contributed by atoms with van der Waals surface area (Å²) in [6, 6.07) is 5.18. The number of benzene rings is 1. The number of morpholine rings is 1. The lowest BCUT2D eigenvalue weighted by atomic mass is 10.2. The minimum atomic E-state index is 0.0950. The van der Waals surface area contributed by atoms with E-state index in [4.69, 9.17) is 32.4 Å². The molecule has 7 heteroatoms. The van der Waals surface area contributed by atoms with Gasteiger partial charge in [-0.1, -0.05) is 23.2 Å². The van der Waals surface area contributed by atoms with Crippen LogP contribution in [0.5, 0.6) is 0 Å². The molecular weight excluding hydrogens is 339 g/mol. The summed E-state index contributed by atoms with van der Waals surface area (Å²) in [6.07, 6.45) is 2.44. The summed E-state index contributed by atoms with van der Waals surface area (Å²) in [5.41, 5.74) is 0.731.